The van der Waals surface area contributed by atoms with Crippen LogP contribution in [-0.2, 0) is 11.2 Å². The molecule has 0 aromatic heterocycles. The molecule has 2 rings (SSSR count). The van der Waals surface area contributed by atoms with Crippen molar-refractivity contribution in [3.8, 4) is 0 Å². The average molecular weight is 323 g/mol. The highest BCUT2D eigenvalue weighted by molar-refractivity contribution is 6.60. The first-order chi connectivity index (χ1) is 10.6. The van der Waals surface area contributed by atoms with Crippen molar-refractivity contribution >= 4 is 12.6 Å². The molecule has 0 aliphatic carbocycles. The number of halogens is 1. The molecule has 0 amide bonds. The van der Waals surface area contributed by atoms with Gasteiger partial charge in [-0.2, -0.15) is 0 Å². The molecule has 1 heterocycles. The van der Waals surface area contributed by atoms with Crippen LogP contribution in [0, 0.1) is 5.82 Å². The van der Waals surface area contributed by atoms with Gasteiger partial charge in [-0.3, -0.25) is 4.90 Å². The zero-order valence-corrected chi connectivity index (χ0v) is 14.5. The minimum absolute atomic E-state index is 0.110. The van der Waals surface area contributed by atoms with Gasteiger partial charge in [0.1, 0.15) is 5.82 Å². The summed E-state index contributed by atoms with van der Waals surface area (Å²) in [5.41, 5.74) is -1.13. The molecule has 0 saturated carbocycles. The van der Waals surface area contributed by atoms with Gasteiger partial charge in [0.15, 0.2) is 0 Å². The topological polar surface area (TPSA) is 52.9 Å². The highest BCUT2D eigenvalue weighted by Crippen LogP contribution is 2.25. The number of aliphatic hydroxyl groups is 1. The van der Waals surface area contributed by atoms with Crippen molar-refractivity contribution in [1.82, 2.24) is 4.90 Å². The van der Waals surface area contributed by atoms with Crippen LogP contribution >= 0.6 is 0 Å². The summed E-state index contributed by atoms with van der Waals surface area (Å²) in [5.74, 6) is -0.505. The Morgan fingerprint density at radius 1 is 1.22 bits per heavy atom. The fourth-order valence-electron chi connectivity index (χ4n) is 2.57. The summed E-state index contributed by atoms with van der Waals surface area (Å²) in [4.78, 5) is 2.31. The minimum Gasteiger partial charge on any atom is -0.423 e. The van der Waals surface area contributed by atoms with Crippen LogP contribution in [0.5, 0.6) is 0 Å². The highest BCUT2D eigenvalue weighted by Gasteiger charge is 2.40. The molecule has 1 aliphatic heterocycles. The normalized spacial score (nSPS) is 16.8. The molecule has 2 N–H and O–H groups in total. The fraction of sp³-hybridized carbons (Fsp3) is 0.647. The number of hydrogen-bond acceptors (Lipinski definition) is 4. The van der Waals surface area contributed by atoms with Gasteiger partial charge in [0.2, 0.25) is 0 Å². The predicted molar refractivity (Wildman–Crippen MR) is 90.0 cm³/mol. The van der Waals surface area contributed by atoms with Crippen molar-refractivity contribution < 1.29 is 19.2 Å². The van der Waals surface area contributed by atoms with Gasteiger partial charge < -0.3 is 14.8 Å². The maximum atomic E-state index is 14.1. The largest absolute Gasteiger partial charge is 0.494 e. The van der Waals surface area contributed by atoms with Crippen molar-refractivity contribution in [2.75, 3.05) is 13.1 Å². The molecule has 0 bridgehead atoms. The third-order valence-electron chi connectivity index (χ3n) is 4.81. The number of benzene rings is 1. The molecular formula is C17H27BFNO3. The Hall–Kier alpha value is -0.945. The molecule has 0 unspecified atom stereocenters. The van der Waals surface area contributed by atoms with E-state index >= 15 is 0 Å². The lowest BCUT2D eigenvalue weighted by Gasteiger charge is -2.38. The standard InChI is InChI=1S/C17H27BFNO3/c1-16(2,21)17(3,4)23-18(22)14-11-13(7-8-15(14)19)12-20-9-5-6-10-20/h7-8,11,21-22H,5-6,9-10,12H2,1-4H3. The van der Waals surface area contributed by atoms with Gasteiger partial charge >= 0.3 is 7.12 Å². The molecule has 0 radical (unpaired) electrons. The van der Waals surface area contributed by atoms with Gasteiger partial charge in [0.05, 0.1) is 11.2 Å². The Morgan fingerprint density at radius 2 is 1.83 bits per heavy atom. The van der Waals surface area contributed by atoms with E-state index in [2.05, 4.69) is 4.90 Å². The SMILES string of the molecule is CC(C)(O)C(C)(C)OB(O)c1cc(CN2CCCC2)ccc1F. The van der Waals surface area contributed by atoms with E-state index in [1.54, 1.807) is 39.8 Å². The van der Waals surface area contributed by atoms with Crippen molar-refractivity contribution in [2.45, 2.75) is 58.3 Å². The summed E-state index contributed by atoms with van der Waals surface area (Å²) in [6, 6.07) is 4.76. The van der Waals surface area contributed by atoms with Crippen LogP contribution in [0.25, 0.3) is 0 Å². The zero-order valence-electron chi connectivity index (χ0n) is 14.5. The van der Waals surface area contributed by atoms with Crippen LogP contribution in [0.1, 0.15) is 46.1 Å². The lowest BCUT2D eigenvalue weighted by molar-refractivity contribution is -0.0983. The summed E-state index contributed by atoms with van der Waals surface area (Å²) >= 11 is 0. The van der Waals surface area contributed by atoms with Crippen molar-refractivity contribution in [1.29, 1.82) is 0 Å². The summed E-state index contributed by atoms with van der Waals surface area (Å²) in [6.45, 7) is 9.38. The highest BCUT2D eigenvalue weighted by atomic mass is 19.1. The van der Waals surface area contributed by atoms with Gasteiger partial charge in [-0.1, -0.05) is 12.1 Å². The summed E-state index contributed by atoms with van der Waals surface area (Å²) in [5, 5.41) is 20.4. The van der Waals surface area contributed by atoms with Gasteiger partial charge in [0, 0.05) is 12.0 Å². The molecule has 23 heavy (non-hydrogen) atoms. The molecule has 0 spiro atoms. The molecule has 1 aromatic rings. The molecule has 1 aromatic carbocycles. The van der Waals surface area contributed by atoms with Crippen molar-refractivity contribution in [3.05, 3.63) is 29.6 Å². The monoisotopic (exact) mass is 323 g/mol. The molecule has 0 atom stereocenters. The first-order valence-corrected chi connectivity index (χ1v) is 8.19. The second-order valence-electron chi connectivity index (χ2n) is 7.38. The predicted octanol–water partition coefficient (Wildman–Crippen LogP) is 1.68. The van der Waals surface area contributed by atoms with Gasteiger partial charge in [-0.25, -0.2) is 4.39 Å². The Morgan fingerprint density at radius 3 is 2.39 bits per heavy atom. The molecule has 1 aliphatic rings. The van der Waals surface area contributed by atoms with E-state index in [0.717, 1.165) is 25.2 Å². The molecule has 4 nitrogen and oxygen atoms in total. The van der Waals surface area contributed by atoms with Gasteiger partial charge in [-0.15, -0.1) is 0 Å². The second kappa shape index (κ2) is 6.89. The Kier molecular flexibility index (Phi) is 5.51. The van der Waals surface area contributed by atoms with E-state index in [4.69, 9.17) is 4.65 Å². The molecule has 1 saturated heterocycles. The number of rotatable bonds is 6. The zero-order chi connectivity index (χ0) is 17.3. The number of nitrogens with zero attached hydrogens (tertiary/aromatic N) is 1. The summed E-state index contributed by atoms with van der Waals surface area (Å²) in [6.07, 6.45) is 2.39. The second-order valence-corrected chi connectivity index (χ2v) is 7.38. The van der Waals surface area contributed by atoms with Crippen molar-refractivity contribution in [3.63, 3.8) is 0 Å². The van der Waals surface area contributed by atoms with E-state index in [-0.39, 0.29) is 5.46 Å². The van der Waals surface area contributed by atoms with E-state index < -0.39 is 24.1 Å². The lowest BCUT2D eigenvalue weighted by Crippen LogP contribution is -2.53. The number of hydrogen-bond donors (Lipinski definition) is 2. The van der Waals surface area contributed by atoms with Crippen LogP contribution < -0.4 is 5.46 Å². The van der Waals surface area contributed by atoms with Crippen LogP contribution in [0.15, 0.2) is 18.2 Å². The summed E-state index contributed by atoms with van der Waals surface area (Å²) in [7, 11) is -1.42. The van der Waals surface area contributed by atoms with E-state index in [1.807, 2.05) is 0 Å². The molecule has 1 fully saturated rings. The van der Waals surface area contributed by atoms with Crippen LogP contribution in [0.4, 0.5) is 4.39 Å². The average Bonchev–Trinajstić information content (AvgIpc) is 2.92. The van der Waals surface area contributed by atoms with Crippen LogP contribution in [0.3, 0.4) is 0 Å². The fourth-order valence-corrected chi connectivity index (χ4v) is 2.57. The quantitative estimate of drug-likeness (QED) is 0.782. The van der Waals surface area contributed by atoms with E-state index in [0.29, 0.717) is 0 Å². The van der Waals surface area contributed by atoms with Crippen molar-refractivity contribution in [2.24, 2.45) is 0 Å². The number of likely N-dealkylation sites (tertiary alicyclic amines) is 1. The first-order valence-electron chi connectivity index (χ1n) is 8.19. The smallest absolute Gasteiger partial charge is 0.423 e. The Balaban J connectivity index is 2.14. The third kappa shape index (κ3) is 4.54. The lowest BCUT2D eigenvalue weighted by atomic mass is 9.75. The summed E-state index contributed by atoms with van der Waals surface area (Å²) < 4.78 is 19.6. The Bertz CT molecular complexity index is 539. The maximum Gasteiger partial charge on any atom is 0.494 e. The van der Waals surface area contributed by atoms with Crippen LogP contribution in [-0.4, -0.2) is 46.4 Å². The first kappa shape index (κ1) is 18.4. The van der Waals surface area contributed by atoms with E-state index in [1.165, 1.54) is 18.9 Å². The molecule has 128 valence electrons. The molecule has 6 heteroatoms. The Labute approximate surface area is 138 Å². The van der Waals surface area contributed by atoms with Gasteiger partial charge in [0.25, 0.3) is 0 Å². The third-order valence-corrected chi connectivity index (χ3v) is 4.81. The van der Waals surface area contributed by atoms with E-state index in [9.17, 15) is 14.5 Å². The maximum absolute atomic E-state index is 14.1. The molecular weight excluding hydrogens is 296 g/mol. The van der Waals surface area contributed by atoms with Crippen LogP contribution in [0.2, 0.25) is 0 Å². The minimum atomic E-state index is -1.42. The van der Waals surface area contributed by atoms with Gasteiger partial charge in [-0.05, 0) is 65.3 Å².